The lowest BCUT2D eigenvalue weighted by Gasteiger charge is -2.23. The summed E-state index contributed by atoms with van der Waals surface area (Å²) < 4.78 is 12.9. The highest BCUT2D eigenvalue weighted by atomic mass is 35.5. The summed E-state index contributed by atoms with van der Waals surface area (Å²) in [5.41, 5.74) is 2.42. The highest BCUT2D eigenvalue weighted by molar-refractivity contribution is 6.33. The first kappa shape index (κ1) is 18.1. The van der Waals surface area contributed by atoms with Crippen LogP contribution in [0.15, 0.2) is 47.5 Å². The third-order valence-electron chi connectivity index (χ3n) is 3.24. The minimum atomic E-state index is -0.287. The van der Waals surface area contributed by atoms with Gasteiger partial charge in [0.15, 0.2) is 0 Å². The lowest BCUT2D eigenvalue weighted by atomic mass is 10.2. The molecule has 0 aromatic heterocycles. The molecule has 0 atom stereocenters. The maximum Gasteiger partial charge on any atom is 0.123 e. The fourth-order valence-electron chi connectivity index (χ4n) is 2.06. The van der Waals surface area contributed by atoms with E-state index in [1.54, 1.807) is 18.3 Å². The molecule has 0 saturated carbocycles. The van der Waals surface area contributed by atoms with Crippen molar-refractivity contribution < 1.29 is 4.39 Å². The molecule has 2 aromatic rings. The zero-order valence-corrected chi connectivity index (χ0v) is 14.6. The fourth-order valence-corrected chi connectivity index (χ4v) is 2.69. The number of hydrogen-bond acceptors (Lipinski definition) is 2. The van der Waals surface area contributed by atoms with Crippen LogP contribution >= 0.6 is 34.8 Å². The van der Waals surface area contributed by atoms with Gasteiger partial charge in [-0.2, -0.15) is 0 Å². The molecule has 0 N–H and O–H groups in total. The van der Waals surface area contributed by atoms with E-state index in [0.717, 1.165) is 11.3 Å². The van der Waals surface area contributed by atoms with Crippen LogP contribution < -0.4 is 4.90 Å². The molecule has 2 rings (SSSR count). The summed E-state index contributed by atoms with van der Waals surface area (Å²) in [7, 11) is 0. The molecule has 0 saturated heterocycles. The molecule has 0 spiro atoms. The van der Waals surface area contributed by atoms with Crippen molar-refractivity contribution in [1.82, 2.24) is 0 Å². The van der Waals surface area contributed by atoms with Crippen LogP contribution in [0.1, 0.15) is 5.56 Å². The summed E-state index contributed by atoms with van der Waals surface area (Å²) in [5.74, 6) is 0.745. The normalized spacial score (nSPS) is 11.1. The third kappa shape index (κ3) is 5.38. The lowest BCUT2D eigenvalue weighted by Crippen LogP contribution is -2.27. The van der Waals surface area contributed by atoms with Crippen LogP contribution in [0.5, 0.6) is 0 Å². The van der Waals surface area contributed by atoms with Gasteiger partial charge >= 0.3 is 0 Å². The van der Waals surface area contributed by atoms with Crippen LogP contribution in [0.2, 0.25) is 5.02 Å². The number of benzene rings is 2. The largest absolute Gasteiger partial charge is 0.369 e. The van der Waals surface area contributed by atoms with Crippen molar-refractivity contribution in [3.8, 4) is 0 Å². The summed E-state index contributed by atoms with van der Waals surface area (Å²) in [6.07, 6.45) is 1.66. The van der Waals surface area contributed by atoms with Crippen molar-refractivity contribution in [1.29, 1.82) is 0 Å². The molecule has 0 amide bonds. The average molecular weight is 374 g/mol. The maximum atomic E-state index is 12.9. The fraction of sp³-hybridized carbons (Fsp3) is 0.235. The number of halogens is 4. The van der Waals surface area contributed by atoms with Crippen molar-refractivity contribution in [3.63, 3.8) is 0 Å². The van der Waals surface area contributed by atoms with Crippen LogP contribution in [0.25, 0.3) is 0 Å². The molecular formula is C17H16Cl3FN2. The van der Waals surface area contributed by atoms with Crippen molar-refractivity contribution >= 4 is 52.4 Å². The third-order valence-corrected chi connectivity index (χ3v) is 3.90. The number of aliphatic imine (C=N–C) groups is 1. The second-order valence-corrected chi connectivity index (χ2v) is 5.97. The summed E-state index contributed by atoms with van der Waals surface area (Å²) in [6.45, 7) is 1.40. The van der Waals surface area contributed by atoms with E-state index in [-0.39, 0.29) is 5.82 Å². The van der Waals surface area contributed by atoms with E-state index in [2.05, 4.69) is 9.89 Å². The van der Waals surface area contributed by atoms with Gasteiger partial charge in [0.05, 0.1) is 10.7 Å². The van der Waals surface area contributed by atoms with E-state index in [9.17, 15) is 4.39 Å². The van der Waals surface area contributed by atoms with Gasteiger partial charge in [-0.3, -0.25) is 4.99 Å². The van der Waals surface area contributed by atoms with E-state index >= 15 is 0 Å². The Morgan fingerprint density at radius 3 is 2.22 bits per heavy atom. The molecule has 0 heterocycles. The standard InChI is InChI=1S/C17H16Cl3FN2/c18-7-9-23(10-8-19)16-6-1-13(17(20)11-16)12-22-15-4-2-14(21)3-5-15/h1-6,11-12H,7-10H2. The Hall–Kier alpha value is -1.29. The number of alkyl halides is 2. The molecule has 2 aromatic carbocycles. The van der Waals surface area contributed by atoms with Crippen molar-refractivity contribution in [2.45, 2.75) is 0 Å². The lowest BCUT2D eigenvalue weighted by molar-refractivity contribution is 0.628. The summed E-state index contributed by atoms with van der Waals surface area (Å²) in [5, 5.41) is 0.586. The quantitative estimate of drug-likeness (QED) is 0.461. The van der Waals surface area contributed by atoms with E-state index in [1.165, 1.54) is 12.1 Å². The van der Waals surface area contributed by atoms with Gasteiger partial charge in [-0.25, -0.2) is 4.39 Å². The van der Waals surface area contributed by atoms with Crippen molar-refractivity contribution in [2.75, 3.05) is 29.7 Å². The molecule has 0 bridgehead atoms. The van der Waals surface area contributed by atoms with Crippen LogP contribution in [-0.2, 0) is 0 Å². The minimum Gasteiger partial charge on any atom is -0.369 e. The number of nitrogens with zero attached hydrogens (tertiary/aromatic N) is 2. The van der Waals surface area contributed by atoms with Crippen LogP contribution in [-0.4, -0.2) is 31.1 Å². The molecule has 2 nitrogen and oxygen atoms in total. The van der Waals surface area contributed by atoms with Crippen LogP contribution in [0.3, 0.4) is 0 Å². The van der Waals surface area contributed by atoms with Gasteiger partial charge < -0.3 is 4.90 Å². The average Bonchev–Trinajstić information content (AvgIpc) is 2.55. The Morgan fingerprint density at radius 2 is 1.65 bits per heavy atom. The second kappa shape index (κ2) is 9.11. The Balaban J connectivity index is 2.16. The molecule has 0 radical (unpaired) electrons. The van der Waals surface area contributed by atoms with Gasteiger partial charge in [-0.1, -0.05) is 11.6 Å². The summed E-state index contributed by atoms with van der Waals surface area (Å²) in [6, 6.07) is 11.7. The van der Waals surface area contributed by atoms with Crippen molar-refractivity contribution in [2.24, 2.45) is 4.99 Å². The van der Waals surface area contributed by atoms with E-state index in [4.69, 9.17) is 34.8 Å². The number of hydrogen-bond donors (Lipinski definition) is 0. The molecule has 0 aliphatic heterocycles. The molecular weight excluding hydrogens is 358 g/mol. The Kier molecular flexibility index (Phi) is 7.15. The first-order valence-electron chi connectivity index (χ1n) is 7.10. The molecule has 122 valence electrons. The van der Waals surface area contributed by atoms with Crippen LogP contribution in [0, 0.1) is 5.82 Å². The van der Waals surface area contributed by atoms with E-state index in [0.29, 0.717) is 35.6 Å². The Bertz CT molecular complexity index is 653. The summed E-state index contributed by atoms with van der Waals surface area (Å²) in [4.78, 5) is 6.37. The van der Waals surface area contributed by atoms with Gasteiger partial charge in [-0.05, 0) is 42.5 Å². The zero-order valence-electron chi connectivity index (χ0n) is 12.4. The minimum absolute atomic E-state index is 0.287. The van der Waals surface area contributed by atoms with Gasteiger partial charge in [0.2, 0.25) is 0 Å². The van der Waals surface area contributed by atoms with Gasteiger partial charge in [-0.15, -0.1) is 23.2 Å². The van der Waals surface area contributed by atoms with Crippen LogP contribution in [0.4, 0.5) is 15.8 Å². The molecule has 0 unspecified atom stereocenters. The molecule has 0 fully saturated rings. The summed E-state index contributed by atoms with van der Waals surface area (Å²) >= 11 is 18.0. The Morgan fingerprint density at radius 1 is 1.00 bits per heavy atom. The SMILES string of the molecule is Fc1ccc(N=Cc2ccc(N(CCCl)CCCl)cc2Cl)cc1. The molecule has 0 aliphatic rings. The first-order valence-corrected chi connectivity index (χ1v) is 8.55. The van der Waals surface area contributed by atoms with Gasteiger partial charge in [0.1, 0.15) is 5.82 Å². The highest BCUT2D eigenvalue weighted by Gasteiger charge is 2.07. The van der Waals surface area contributed by atoms with Gasteiger partial charge in [0.25, 0.3) is 0 Å². The molecule has 0 aliphatic carbocycles. The predicted molar refractivity (Wildman–Crippen MR) is 98.8 cm³/mol. The monoisotopic (exact) mass is 372 g/mol. The van der Waals surface area contributed by atoms with E-state index < -0.39 is 0 Å². The van der Waals surface area contributed by atoms with E-state index in [1.807, 2.05) is 18.2 Å². The zero-order chi connectivity index (χ0) is 16.7. The van der Waals surface area contributed by atoms with Gasteiger partial charge in [0, 0.05) is 42.3 Å². The topological polar surface area (TPSA) is 15.6 Å². The highest BCUT2D eigenvalue weighted by Crippen LogP contribution is 2.24. The maximum absolute atomic E-state index is 12.9. The smallest absolute Gasteiger partial charge is 0.123 e. The molecule has 6 heteroatoms. The number of anilines is 1. The molecule has 23 heavy (non-hydrogen) atoms. The van der Waals surface area contributed by atoms with Crippen molar-refractivity contribution in [3.05, 3.63) is 58.9 Å². The predicted octanol–water partition coefficient (Wildman–Crippen LogP) is 5.51. The second-order valence-electron chi connectivity index (χ2n) is 4.81. The Labute approximate surface area is 150 Å². The number of rotatable bonds is 7. The first-order chi connectivity index (χ1) is 11.1.